The first kappa shape index (κ1) is 16.2. The smallest absolute Gasteiger partial charge is 0.350 e. The van der Waals surface area contributed by atoms with E-state index in [4.69, 9.17) is 0 Å². The molecule has 1 aromatic carbocycles. The number of carbonyl (C=O) groups is 2. The molecule has 1 aromatic heterocycles. The number of nitrogens with one attached hydrogen (secondary N) is 1. The van der Waals surface area contributed by atoms with Crippen molar-refractivity contribution in [1.29, 1.82) is 0 Å². The van der Waals surface area contributed by atoms with E-state index in [9.17, 15) is 9.59 Å². The van der Waals surface area contributed by atoms with Crippen molar-refractivity contribution in [3.63, 3.8) is 0 Å². The minimum absolute atomic E-state index is 0.165. The second-order valence-corrected chi connectivity index (χ2v) is 5.78. The monoisotopic (exact) mass is 318 g/mol. The van der Waals surface area contributed by atoms with Crippen molar-refractivity contribution in [2.45, 2.75) is 6.54 Å². The number of benzene rings is 1. The highest BCUT2D eigenvalue weighted by Gasteiger charge is 2.16. The third kappa shape index (κ3) is 4.41. The van der Waals surface area contributed by atoms with Gasteiger partial charge in [-0.2, -0.15) is 0 Å². The molecule has 1 heterocycles. The summed E-state index contributed by atoms with van der Waals surface area (Å²) in [4.78, 5) is 26.0. The van der Waals surface area contributed by atoms with Crippen LogP contribution in [0.25, 0.3) is 0 Å². The minimum atomic E-state index is -0.442. The Bertz CT molecular complexity index is 640. The summed E-state index contributed by atoms with van der Waals surface area (Å²) in [6.07, 6.45) is 0. The van der Waals surface area contributed by atoms with Gasteiger partial charge in [-0.25, -0.2) is 4.79 Å². The molecule has 0 atom stereocenters. The van der Waals surface area contributed by atoms with Crippen LogP contribution in [0.3, 0.4) is 0 Å². The van der Waals surface area contributed by atoms with E-state index in [2.05, 4.69) is 10.1 Å². The molecule has 0 bridgehead atoms. The fraction of sp³-hybridized carbons (Fsp3) is 0.250. The number of ether oxygens (including phenoxy) is 1. The van der Waals surface area contributed by atoms with Crippen LogP contribution in [0.1, 0.15) is 15.2 Å². The molecule has 116 valence electrons. The van der Waals surface area contributed by atoms with Gasteiger partial charge in [0.25, 0.3) is 0 Å². The molecule has 22 heavy (non-hydrogen) atoms. The molecule has 0 fully saturated rings. The summed E-state index contributed by atoms with van der Waals surface area (Å²) in [6, 6.07) is 11.6. The average Bonchev–Trinajstić information content (AvgIpc) is 2.95. The molecule has 2 rings (SSSR count). The molecule has 0 aliphatic carbocycles. The predicted molar refractivity (Wildman–Crippen MR) is 87.1 cm³/mol. The quantitative estimate of drug-likeness (QED) is 0.832. The van der Waals surface area contributed by atoms with Crippen molar-refractivity contribution in [2.75, 3.05) is 26.0 Å². The number of thiophene rings is 1. The van der Waals surface area contributed by atoms with Crippen molar-refractivity contribution in [1.82, 2.24) is 4.90 Å². The molecular weight excluding hydrogens is 300 g/mol. The molecule has 6 heteroatoms. The second kappa shape index (κ2) is 7.72. The van der Waals surface area contributed by atoms with Crippen molar-refractivity contribution >= 4 is 28.9 Å². The van der Waals surface area contributed by atoms with Crippen LogP contribution < -0.4 is 5.32 Å². The highest BCUT2D eigenvalue weighted by molar-refractivity contribution is 7.12. The maximum atomic E-state index is 12.1. The number of rotatable bonds is 6. The van der Waals surface area contributed by atoms with Crippen molar-refractivity contribution in [3.05, 3.63) is 52.2 Å². The zero-order valence-electron chi connectivity index (χ0n) is 12.5. The SMILES string of the molecule is COC(=O)c1sccc1NC(=O)CN(C)Cc1ccccc1. The fourth-order valence-corrected chi connectivity index (χ4v) is 2.81. The Balaban J connectivity index is 1.90. The first-order valence-corrected chi connectivity index (χ1v) is 7.66. The molecule has 0 aliphatic heterocycles. The molecule has 0 saturated carbocycles. The molecule has 5 nitrogen and oxygen atoms in total. The lowest BCUT2D eigenvalue weighted by molar-refractivity contribution is -0.117. The zero-order chi connectivity index (χ0) is 15.9. The van der Waals surface area contributed by atoms with Crippen LogP contribution in [0.2, 0.25) is 0 Å². The lowest BCUT2D eigenvalue weighted by Gasteiger charge is -2.16. The fourth-order valence-electron chi connectivity index (χ4n) is 2.04. The maximum Gasteiger partial charge on any atom is 0.350 e. The van der Waals surface area contributed by atoms with E-state index in [1.807, 2.05) is 42.3 Å². The van der Waals surface area contributed by atoms with Gasteiger partial charge in [0, 0.05) is 6.54 Å². The van der Waals surface area contributed by atoms with Crippen LogP contribution in [-0.4, -0.2) is 37.5 Å². The van der Waals surface area contributed by atoms with Gasteiger partial charge in [-0.15, -0.1) is 11.3 Å². The van der Waals surface area contributed by atoms with Crippen molar-refractivity contribution in [3.8, 4) is 0 Å². The number of nitrogens with zero attached hydrogens (tertiary/aromatic N) is 1. The van der Waals surface area contributed by atoms with E-state index < -0.39 is 5.97 Å². The van der Waals surface area contributed by atoms with Crippen LogP contribution >= 0.6 is 11.3 Å². The summed E-state index contributed by atoms with van der Waals surface area (Å²) in [5.74, 6) is -0.607. The Morgan fingerprint density at radius 2 is 1.95 bits per heavy atom. The van der Waals surface area contributed by atoms with Crippen LogP contribution in [-0.2, 0) is 16.1 Å². The zero-order valence-corrected chi connectivity index (χ0v) is 13.4. The van der Waals surface area contributed by atoms with E-state index in [1.165, 1.54) is 18.4 Å². The summed E-state index contributed by atoms with van der Waals surface area (Å²) < 4.78 is 4.69. The van der Waals surface area contributed by atoms with E-state index >= 15 is 0 Å². The van der Waals surface area contributed by atoms with E-state index in [1.54, 1.807) is 11.4 Å². The van der Waals surface area contributed by atoms with Gasteiger partial charge in [0.1, 0.15) is 4.88 Å². The number of methoxy groups -OCH3 is 1. The lowest BCUT2D eigenvalue weighted by atomic mass is 10.2. The molecule has 0 unspecified atom stereocenters. The third-order valence-electron chi connectivity index (χ3n) is 3.02. The highest BCUT2D eigenvalue weighted by atomic mass is 32.1. The Kier molecular flexibility index (Phi) is 5.68. The number of anilines is 1. The Hall–Kier alpha value is -2.18. The molecular formula is C16H18N2O3S. The van der Waals surface area contributed by atoms with Crippen LogP contribution in [0.15, 0.2) is 41.8 Å². The van der Waals surface area contributed by atoms with Gasteiger partial charge >= 0.3 is 5.97 Å². The largest absolute Gasteiger partial charge is 0.465 e. The molecule has 0 spiro atoms. The molecule has 0 saturated heterocycles. The topological polar surface area (TPSA) is 58.6 Å². The first-order valence-electron chi connectivity index (χ1n) is 6.78. The number of amides is 1. The highest BCUT2D eigenvalue weighted by Crippen LogP contribution is 2.23. The number of likely N-dealkylation sites (N-methyl/N-ethyl adjacent to an activating group) is 1. The minimum Gasteiger partial charge on any atom is -0.465 e. The molecule has 1 amide bonds. The predicted octanol–water partition coefficient (Wildman–Crippen LogP) is 2.61. The van der Waals surface area contributed by atoms with Gasteiger partial charge in [-0.1, -0.05) is 30.3 Å². The van der Waals surface area contributed by atoms with Crippen molar-refractivity contribution in [2.24, 2.45) is 0 Å². The summed E-state index contributed by atoms with van der Waals surface area (Å²) >= 11 is 1.24. The second-order valence-electron chi connectivity index (χ2n) is 4.86. The third-order valence-corrected chi connectivity index (χ3v) is 3.91. The van der Waals surface area contributed by atoms with E-state index in [0.717, 1.165) is 5.56 Å². The van der Waals surface area contributed by atoms with Crippen LogP contribution in [0, 0.1) is 0 Å². The average molecular weight is 318 g/mol. The number of hydrogen-bond donors (Lipinski definition) is 1. The molecule has 0 aliphatic rings. The summed E-state index contributed by atoms with van der Waals surface area (Å²) in [6.45, 7) is 0.924. The van der Waals surface area contributed by atoms with E-state index in [-0.39, 0.29) is 12.5 Å². The summed E-state index contributed by atoms with van der Waals surface area (Å²) in [5, 5.41) is 4.50. The van der Waals surface area contributed by atoms with Gasteiger partial charge in [0.05, 0.1) is 19.3 Å². The van der Waals surface area contributed by atoms with Crippen LogP contribution in [0.4, 0.5) is 5.69 Å². The Labute approximate surface area is 133 Å². The normalized spacial score (nSPS) is 10.5. The molecule has 2 aromatic rings. The van der Waals surface area contributed by atoms with Gasteiger partial charge in [-0.05, 0) is 24.1 Å². The standard InChI is InChI=1S/C16H18N2O3S/c1-18(10-12-6-4-3-5-7-12)11-14(19)17-13-8-9-22-15(13)16(20)21-2/h3-9H,10-11H2,1-2H3,(H,17,19). The lowest BCUT2D eigenvalue weighted by Crippen LogP contribution is -2.30. The summed E-state index contributed by atoms with van der Waals surface area (Å²) in [5.41, 5.74) is 1.64. The number of esters is 1. The number of hydrogen-bond acceptors (Lipinski definition) is 5. The first-order chi connectivity index (χ1) is 10.6. The number of carbonyl (C=O) groups excluding carboxylic acids is 2. The van der Waals surface area contributed by atoms with Gasteiger partial charge in [0.15, 0.2) is 0 Å². The summed E-state index contributed by atoms with van der Waals surface area (Å²) in [7, 11) is 3.20. The van der Waals surface area contributed by atoms with E-state index in [0.29, 0.717) is 17.1 Å². The Morgan fingerprint density at radius 1 is 1.23 bits per heavy atom. The van der Waals surface area contributed by atoms with Gasteiger partial charge < -0.3 is 10.1 Å². The Morgan fingerprint density at radius 3 is 2.64 bits per heavy atom. The maximum absolute atomic E-state index is 12.1. The van der Waals surface area contributed by atoms with Gasteiger partial charge in [-0.3, -0.25) is 9.69 Å². The molecule has 1 N–H and O–H groups in total. The van der Waals surface area contributed by atoms with Crippen LogP contribution in [0.5, 0.6) is 0 Å². The van der Waals surface area contributed by atoms with Crippen molar-refractivity contribution < 1.29 is 14.3 Å². The molecule has 0 radical (unpaired) electrons. The van der Waals surface area contributed by atoms with Gasteiger partial charge in [0.2, 0.25) is 5.91 Å².